The van der Waals surface area contributed by atoms with Gasteiger partial charge in [0.15, 0.2) is 18.9 Å². The van der Waals surface area contributed by atoms with Gasteiger partial charge >= 0.3 is 0 Å². The fourth-order valence-corrected chi connectivity index (χ4v) is 12.7. The van der Waals surface area contributed by atoms with Crippen molar-refractivity contribution in [2.45, 2.75) is 388 Å². The third-order valence-corrected chi connectivity index (χ3v) is 18.7. The summed E-state index contributed by atoms with van der Waals surface area (Å²) >= 11 is 0. The van der Waals surface area contributed by atoms with E-state index < -0.39 is 124 Å². The predicted molar refractivity (Wildman–Crippen MR) is 365 cm³/mol. The maximum absolute atomic E-state index is 13.4. The third kappa shape index (κ3) is 37.0. The second-order valence-corrected chi connectivity index (χ2v) is 26.7. The topological polar surface area (TPSA) is 307 Å². The number of aliphatic hydroxyl groups excluding tert-OH is 11. The molecule has 17 unspecified atom stereocenters. The normalized spacial score (nSPS) is 27.8. The van der Waals surface area contributed by atoms with Crippen molar-refractivity contribution < 1.29 is 89.4 Å². The average Bonchev–Trinajstić information content (AvgIpc) is 0.902. The fraction of sp³-hybridized carbons (Fsp3) is 0.878. The molecule has 0 saturated carbocycles. The Morgan fingerprint density at radius 1 is 0.398 bits per heavy atom. The number of aliphatic hydroxyl groups is 11. The molecule has 3 heterocycles. The molecule has 19 nitrogen and oxygen atoms in total. The molecule has 19 heteroatoms. The van der Waals surface area contributed by atoms with Gasteiger partial charge in [0.1, 0.15) is 73.2 Å². The van der Waals surface area contributed by atoms with Gasteiger partial charge in [0, 0.05) is 6.42 Å². The van der Waals surface area contributed by atoms with Gasteiger partial charge < -0.3 is 89.9 Å². The summed E-state index contributed by atoms with van der Waals surface area (Å²) in [4.78, 5) is 13.4. The van der Waals surface area contributed by atoms with Crippen molar-refractivity contribution in [3.63, 3.8) is 0 Å². The molecule has 0 spiro atoms. The van der Waals surface area contributed by atoms with E-state index in [0.717, 1.165) is 70.6 Å². The molecule has 93 heavy (non-hydrogen) atoms. The van der Waals surface area contributed by atoms with E-state index in [9.17, 15) is 61.0 Å². The van der Waals surface area contributed by atoms with Crippen LogP contribution in [0.2, 0.25) is 0 Å². The zero-order valence-electron chi connectivity index (χ0n) is 57.7. The Bertz CT molecular complexity index is 1870. The van der Waals surface area contributed by atoms with Crippen molar-refractivity contribution in [3.8, 4) is 0 Å². The van der Waals surface area contributed by atoms with Crippen LogP contribution in [0.25, 0.3) is 0 Å². The van der Waals surface area contributed by atoms with Crippen molar-refractivity contribution in [2.75, 3.05) is 26.4 Å². The van der Waals surface area contributed by atoms with E-state index in [2.05, 4.69) is 67.8 Å². The zero-order chi connectivity index (χ0) is 67.5. The standard InChI is InChI=1S/C74H135NO18/c1-3-5-7-9-11-13-15-17-19-20-21-22-23-24-25-26-27-28-29-30-31-32-33-34-35-36-38-40-42-44-46-48-50-52-62(80)75-57(58(79)51-49-47-45-43-41-39-37-18-16-14-12-10-8-6-4-2)56-88-72-68(86)65(83)70(60(54-77)90-72)93-74-69(87)66(84)71(61(55-78)91-74)92-73-67(85)64(82)63(81)59(53-76)89-73/h5,7,11,13,17,19,21-22,57-61,63-74,76-79,81-87H,3-4,6,8-10,12,14-16,18,20,23-56H2,1-2H3,(H,75,80)/b7-5-,13-11-,19-17-,22-21-. The molecule has 3 saturated heterocycles. The largest absolute Gasteiger partial charge is 0.394 e. The summed E-state index contributed by atoms with van der Waals surface area (Å²) in [5.74, 6) is -0.239. The summed E-state index contributed by atoms with van der Waals surface area (Å²) in [6.45, 7) is 1.71. The highest BCUT2D eigenvalue weighted by Gasteiger charge is 2.53. The van der Waals surface area contributed by atoms with Gasteiger partial charge in [-0.1, -0.05) is 274 Å². The number of carbonyl (C=O) groups is 1. The quantitative estimate of drug-likeness (QED) is 0.0199. The summed E-state index contributed by atoms with van der Waals surface area (Å²) in [7, 11) is 0. The number of carbonyl (C=O) groups excluding carboxylic acids is 1. The molecular weight excluding hydrogens is 1190 g/mol. The van der Waals surface area contributed by atoms with Crippen LogP contribution in [0.5, 0.6) is 0 Å². The Balaban J connectivity index is 1.34. The lowest BCUT2D eigenvalue weighted by molar-refractivity contribution is -0.379. The number of rotatable bonds is 58. The average molecular weight is 1330 g/mol. The molecule has 17 atom stereocenters. The van der Waals surface area contributed by atoms with Crippen molar-refractivity contribution in [2.24, 2.45) is 0 Å². The Hall–Kier alpha value is -2.25. The molecule has 3 aliphatic heterocycles. The SMILES string of the molecule is CC/C=C\C/C=C\C/C=C\C/C=C\CCCCCCCCCCCCCCCCCCCCCCC(=O)NC(COC1OC(CO)C(OC2OC(CO)C(OC3OC(CO)C(O)C(O)C3O)C(O)C2O)C(O)C1O)C(O)CCCCCCCCCCCCCCCCC. The molecule has 0 aromatic rings. The van der Waals surface area contributed by atoms with Crippen molar-refractivity contribution in [1.82, 2.24) is 5.32 Å². The van der Waals surface area contributed by atoms with Crippen molar-refractivity contribution in [3.05, 3.63) is 48.6 Å². The molecular formula is C74H135NO18. The molecule has 12 N–H and O–H groups in total. The highest BCUT2D eigenvalue weighted by molar-refractivity contribution is 5.76. The molecule has 1 amide bonds. The van der Waals surface area contributed by atoms with Crippen LogP contribution in [-0.4, -0.2) is 193 Å². The van der Waals surface area contributed by atoms with Crippen molar-refractivity contribution >= 4 is 5.91 Å². The number of amides is 1. The van der Waals surface area contributed by atoms with Gasteiger partial charge in [0.05, 0.1) is 38.6 Å². The molecule has 0 aliphatic carbocycles. The van der Waals surface area contributed by atoms with Gasteiger partial charge in [0.2, 0.25) is 5.91 Å². The zero-order valence-corrected chi connectivity index (χ0v) is 57.7. The first-order valence-electron chi connectivity index (χ1n) is 37.4. The van der Waals surface area contributed by atoms with Crippen LogP contribution in [0.4, 0.5) is 0 Å². The van der Waals surface area contributed by atoms with E-state index >= 15 is 0 Å². The third-order valence-electron chi connectivity index (χ3n) is 18.7. The first-order chi connectivity index (χ1) is 45.3. The molecule has 0 radical (unpaired) electrons. The number of hydrogen-bond donors (Lipinski definition) is 12. The Labute approximate surface area is 561 Å². The second kappa shape index (κ2) is 55.6. The maximum atomic E-state index is 13.4. The van der Waals surface area contributed by atoms with Crippen LogP contribution in [0.1, 0.15) is 284 Å². The van der Waals surface area contributed by atoms with E-state index in [0.29, 0.717) is 12.8 Å². The first kappa shape index (κ1) is 85.0. The van der Waals surface area contributed by atoms with E-state index in [4.69, 9.17) is 28.4 Å². The van der Waals surface area contributed by atoms with Crippen LogP contribution in [0, 0.1) is 0 Å². The fourth-order valence-electron chi connectivity index (χ4n) is 12.7. The number of nitrogens with one attached hydrogen (secondary N) is 1. The molecule has 0 aromatic heterocycles. The second-order valence-electron chi connectivity index (χ2n) is 26.7. The van der Waals surface area contributed by atoms with Gasteiger partial charge in [-0.05, 0) is 51.4 Å². The lowest BCUT2D eigenvalue weighted by atomic mass is 9.96. The number of allylic oxidation sites excluding steroid dienone is 8. The highest BCUT2D eigenvalue weighted by atomic mass is 16.8. The number of unbranched alkanes of at least 4 members (excludes halogenated alkanes) is 34. The lowest BCUT2D eigenvalue weighted by Gasteiger charge is -2.48. The maximum Gasteiger partial charge on any atom is 0.220 e. The van der Waals surface area contributed by atoms with Gasteiger partial charge in [-0.25, -0.2) is 0 Å². The van der Waals surface area contributed by atoms with E-state index in [-0.39, 0.29) is 18.9 Å². The van der Waals surface area contributed by atoms with Gasteiger partial charge in [-0.2, -0.15) is 0 Å². The number of hydrogen-bond acceptors (Lipinski definition) is 18. The minimum atomic E-state index is -1.97. The summed E-state index contributed by atoms with van der Waals surface area (Å²) in [5.41, 5.74) is 0. The Morgan fingerprint density at radius 3 is 1.16 bits per heavy atom. The van der Waals surface area contributed by atoms with Gasteiger partial charge in [0.25, 0.3) is 0 Å². The predicted octanol–water partition coefficient (Wildman–Crippen LogP) is 10.9. The van der Waals surface area contributed by atoms with Crippen LogP contribution in [0.3, 0.4) is 0 Å². The van der Waals surface area contributed by atoms with Crippen LogP contribution in [-0.2, 0) is 33.2 Å². The summed E-state index contributed by atoms with van der Waals surface area (Å²) in [6.07, 6.45) is 40.6. The molecule has 3 rings (SSSR count). The molecule has 3 fully saturated rings. The monoisotopic (exact) mass is 1330 g/mol. The van der Waals surface area contributed by atoms with Crippen LogP contribution in [0.15, 0.2) is 48.6 Å². The minimum absolute atomic E-state index is 0.239. The Morgan fingerprint density at radius 2 is 0.742 bits per heavy atom. The molecule has 544 valence electrons. The first-order valence-corrected chi connectivity index (χ1v) is 37.4. The van der Waals surface area contributed by atoms with Crippen LogP contribution >= 0.6 is 0 Å². The van der Waals surface area contributed by atoms with Crippen molar-refractivity contribution in [1.29, 1.82) is 0 Å². The highest BCUT2D eigenvalue weighted by Crippen LogP contribution is 2.33. The smallest absolute Gasteiger partial charge is 0.220 e. The Kier molecular flexibility index (Phi) is 50.8. The van der Waals surface area contributed by atoms with Gasteiger partial charge in [-0.3, -0.25) is 4.79 Å². The number of ether oxygens (including phenoxy) is 6. The molecule has 3 aliphatic rings. The van der Waals surface area contributed by atoms with Crippen LogP contribution < -0.4 is 5.32 Å². The van der Waals surface area contributed by atoms with Gasteiger partial charge in [-0.15, -0.1) is 0 Å². The minimum Gasteiger partial charge on any atom is -0.394 e. The van der Waals surface area contributed by atoms with E-state index in [1.807, 2.05) is 0 Å². The van der Waals surface area contributed by atoms with E-state index in [1.165, 1.54) is 180 Å². The summed E-state index contributed by atoms with van der Waals surface area (Å²) in [5, 5.41) is 121. The summed E-state index contributed by atoms with van der Waals surface area (Å²) < 4.78 is 34.4. The molecule has 0 bridgehead atoms. The lowest BCUT2D eigenvalue weighted by Crippen LogP contribution is -2.66. The van der Waals surface area contributed by atoms with E-state index in [1.54, 1.807) is 0 Å². The molecule has 0 aromatic carbocycles. The summed E-state index contributed by atoms with van der Waals surface area (Å²) in [6, 6.07) is -0.886.